The molecule has 0 aromatic rings. The first-order valence-electron chi connectivity index (χ1n) is 4.13. The summed E-state index contributed by atoms with van der Waals surface area (Å²) in [5.41, 5.74) is 0. The molecule has 0 aromatic heterocycles. The molecule has 0 fully saturated rings. The maximum Gasteiger partial charge on any atom is 0.313 e. The Balaban J connectivity index is 2.49. The van der Waals surface area contributed by atoms with Crippen molar-refractivity contribution >= 4 is 11.8 Å². The molecule has 4 nitrogen and oxygen atoms in total. The van der Waals surface area contributed by atoms with Crippen molar-refractivity contribution in [2.24, 2.45) is 5.92 Å². The van der Waals surface area contributed by atoms with Gasteiger partial charge in [0.25, 0.3) is 0 Å². The zero-order valence-electron chi connectivity index (χ0n) is 7.70. The summed E-state index contributed by atoms with van der Waals surface area (Å²) < 4.78 is 9.69. The van der Waals surface area contributed by atoms with Gasteiger partial charge < -0.3 is 9.47 Å². The largest absolute Gasteiger partial charge is 0.490 e. The van der Waals surface area contributed by atoms with E-state index in [9.17, 15) is 9.59 Å². The third-order valence-corrected chi connectivity index (χ3v) is 1.53. The van der Waals surface area contributed by atoms with Gasteiger partial charge in [-0.3, -0.25) is 9.59 Å². The fraction of sp³-hybridized carbons (Fsp3) is 0.556. The summed E-state index contributed by atoms with van der Waals surface area (Å²) in [6.45, 7) is 3.53. The standard InChI is InChI=1S/C9H12O4/c1-6(2)9(11)13-8-3-7(10)4-12-5-8/h5-6H,3-4H2,1-2H3. The van der Waals surface area contributed by atoms with Crippen LogP contribution < -0.4 is 0 Å². The molecule has 13 heavy (non-hydrogen) atoms. The number of carbonyl (C=O) groups is 2. The van der Waals surface area contributed by atoms with Gasteiger partial charge in [-0.05, 0) is 0 Å². The fourth-order valence-electron chi connectivity index (χ4n) is 0.822. The van der Waals surface area contributed by atoms with Crippen LogP contribution in [0.2, 0.25) is 0 Å². The Hall–Kier alpha value is -1.32. The molecule has 0 unspecified atom stereocenters. The van der Waals surface area contributed by atoms with Gasteiger partial charge in [0.2, 0.25) is 0 Å². The van der Waals surface area contributed by atoms with E-state index in [4.69, 9.17) is 9.47 Å². The molecule has 0 bridgehead atoms. The summed E-state index contributed by atoms with van der Waals surface area (Å²) >= 11 is 0. The van der Waals surface area contributed by atoms with Crippen LogP contribution in [0.4, 0.5) is 0 Å². The molecule has 0 amide bonds. The lowest BCUT2D eigenvalue weighted by Gasteiger charge is -2.13. The maximum atomic E-state index is 11.1. The SMILES string of the molecule is CC(C)C(=O)OC1=COCC(=O)C1. The van der Waals surface area contributed by atoms with E-state index < -0.39 is 0 Å². The molecule has 1 rings (SSSR count). The van der Waals surface area contributed by atoms with Gasteiger partial charge in [-0.2, -0.15) is 0 Å². The van der Waals surface area contributed by atoms with E-state index in [0.717, 1.165) is 0 Å². The Morgan fingerprint density at radius 1 is 1.62 bits per heavy atom. The van der Waals surface area contributed by atoms with Crippen molar-refractivity contribution in [3.63, 3.8) is 0 Å². The van der Waals surface area contributed by atoms with Crippen LogP contribution in [0.1, 0.15) is 20.3 Å². The second kappa shape index (κ2) is 4.07. The lowest BCUT2D eigenvalue weighted by atomic mass is 10.2. The summed E-state index contributed by atoms with van der Waals surface area (Å²) in [7, 11) is 0. The minimum absolute atomic E-state index is 0.0722. The quantitative estimate of drug-likeness (QED) is 0.601. The van der Waals surface area contributed by atoms with Gasteiger partial charge in [0.05, 0.1) is 12.3 Å². The van der Waals surface area contributed by atoms with Crippen LogP contribution in [0.15, 0.2) is 12.0 Å². The normalized spacial score (nSPS) is 16.5. The molecule has 4 heteroatoms. The zero-order valence-corrected chi connectivity index (χ0v) is 7.70. The van der Waals surface area contributed by atoms with Gasteiger partial charge in [0, 0.05) is 0 Å². The average Bonchev–Trinajstić information content (AvgIpc) is 2.04. The van der Waals surface area contributed by atoms with Gasteiger partial charge in [0.15, 0.2) is 5.78 Å². The Morgan fingerprint density at radius 3 is 2.85 bits per heavy atom. The average molecular weight is 184 g/mol. The van der Waals surface area contributed by atoms with Crippen molar-refractivity contribution in [3.05, 3.63) is 12.0 Å². The van der Waals surface area contributed by atoms with Crippen molar-refractivity contribution in [1.29, 1.82) is 0 Å². The fourth-order valence-corrected chi connectivity index (χ4v) is 0.822. The molecule has 72 valence electrons. The van der Waals surface area contributed by atoms with Crippen LogP contribution in [-0.2, 0) is 19.1 Å². The van der Waals surface area contributed by atoms with Gasteiger partial charge in [-0.25, -0.2) is 0 Å². The topological polar surface area (TPSA) is 52.6 Å². The zero-order chi connectivity index (χ0) is 9.84. The first-order chi connectivity index (χ1) is 6.09. The second-order valence-electron chi connectivity index (χ2n) is 3.19. The van der Waals surface area contributed by atoms with Crippen LogP contribution in [0.3, 0.4) is 0 Å². The Bertz CT molecular complexity index is 252. The Labute approximate surface area is 76.5 Å². The maximum absolute atomic E-state index is 11.1. The number of carbonyl (C=O) groups excluding carboxylic acids is 2. The van der Waals surface area contributed by atoms with E-state index in [1.807, 2.05) is 0 Å². The molecule has 0 aliphatic carbocycles. The molecule has 0 atom stereocenters. The number of ether oxygens (including phenoxy) is 2. The first kappa shape index (κ1) is 9.77. The number of hydrogen-bond acceptors (Lipinski definition) is 4. The number of rotatable bonds is 2. The predicted molar refractivity (Wildman–Crippen MR) is 44.6 cm³/mol. The lowest BCUT2D eigenvalue weighted by molar-refractivity contribution is -0.144. The van der Waals surface area contributed by atoms with Gasteiger partial charge >= 0.3 is 5.97 Å². The van der Waals surface area contributed by atoms with Gasteiger partial charge in [-0.1, -0.05) is 13.8 Å². The first-order valence-corrected chi connectivity index (χ1v) is 4.13. The van der Waals surface area contributed by atoms with Crippen molar-refractivity contribution < 1.29 is 19.1 Å². The lowest BCUT2D eigenvalue weighted by Crippen LogP contribution is -2.18. The molecule has 0 spiro atoms. The highest BCUT2D eigenvalue weighted by atomic mass is 16.6. The smallest absolute Gasteiger partial charge is 0.313 e. The highest BCUT2D eigenvalue weighted by Crippen LogP contribution is 2.12. The van der Waals surface area contributed by atoms with Crippen molar-refractivity contribution in [2.45, 2.75) is 20.3 Å². The molecule has 0 radical (unpaired) electrons. The third kappa shape index (κ3) is 2.89. The summed E-state index contributed by atoms with van der Waals surface area (Å²) in [5, 5.41) is 0. The van der Waals surface area contributed by atoms with Crippen LogP contribution in [-0.4, -0.2) is 18.4 Å². The number of hydrogen-bond donors (Lipinski definition) is 0. The molecule has 0 N–H and O–H groups in total. The summed E-state index contributed by atoms with van der Waals surface area (Å²) in [6, 6.07) is 0. The minimum Gasteiger partial charge on any atom is -0.490 e. The number of Topliss-reactive ketones (excluding diaryl/α,β-unsaturated/α-hetero) is 1. The van der Waals surface area contributed by atoms with Gasteiger partial charge in [-0.15, -0.1) is 0 Å². The molecule has 1 heterocycles. The minimum atomic E-state index is -0.343. The molecular formula is C9H12O4. The number of ketones is 1. The van der Waals surface area contributed by atoms with E-state index in [1.165, 1.54) is 6.26 Å². The third-order valence-electron chi connectivity index (χ3n) is 1.53. The van der Waals surface area contributed by atoms with E-state index in [2.05, 4.69) is 0 Å². The monoisotopic (exact) mass is 184 g/mol. The summed E-state index contributed by atoms with van der Waals surface area (Å²) in [6.07, 6.45) is 1.47. The van der Waals surface area contributed by atoms with Gasteiger partial charge in [0.1, 0.15) is 18.6 Å². The van der Waals surface area contributed by atoms with E-state index in [0.29, 0.717) is 5.76 Å². The highest BCUT2D eigenvalue weighted by molar-refractivity contribution is 5.83. The number of allylic oxidation sites excluding steroid dienone is 1. The van der Waals surface area contributed by atoms with E-state index in [-0.39, 0.29) is 30.7 Å². The predicted octanol–water partition coefficient (Wildman–Crippen LogP) is 1.02. The van der Waals surface area contributed by atoms with Crippen molar-refractivity contribution in [2.75, 3.05) is 6.61 Å². The van der Waals surface area contributed by atoms with E-state index >= 15 is 0 Å². The van der Waals surface area contributed by atoms with Crippen LogP contribution in [0, 0.1) is 5.92 Å². The molecule has 1 aliphatic rings. The second-order valence-corrected chi connectivity index (χ2v) is 3.19. The molecular weight excluding hydrogens is 172 g/mol. The molecule has 1 aliphatic heterocycles. The molecule has 0 aromatic carbocycles. The molecule has 0 saturated heterocycles. The molecule has 0 saturated carbocycles. The van der Waals surface area contributed by atoms with E-state index in [1.54, 1.807) is 13.8 Å². The Kier molecular flexibility index (Phi) is 3.06. The van der Waals surface area contributed by atoms with Crippen LogP contribution >= 0.6 is 0 Å². The highest BCUT2D eigenvalue weighted by Gasteiger charge is 2.18. The summed E-state index contributed by atoms with van der Waals surface area (Å²) in [4.78, 5) is 22.0. The van der Waals surface area contributed by atoms with Crippen LogP contribution in [0.25, 0.3) is 0 Å². The van der Waals surface area contributed by atoms with Crippen molar-refractivity contribution in [1.82, 2.24) is 0 Å². The Morgan fingerprint density at radius 2 is 2.31 bits per heavy atom. The van der Waals surface area contributed by atoms with Crippen LogP contribution in [0.5, 0.6) is 0 Å². The number of esters is 1. The summed E-state index contributed by atoms with van der Waals surface area (Å²) in [5.74, 6) is -0.313. The van der Waals surface area contributed by atoms with Crippen molar-refractivity contribution in [3.8, 4) is 0 Å².